The molecule has 0 saturated carbocycles. The van der Waals surface area contributed by atoms with Crippen LogP contribution in [0.5, 0.6) is 0 Å². The van der Waals surface area contributed by atoms with Crippen molar-refractivity contribution in [2.45, 2.75) is 32.4 Å². The second kappa shape index (κ2) is 5.85. The molecule has 0 aliphatic carbocycles. The van der Waals surface area contributed by atoms with Gasteiger partial charge in [0, 0.05) is 28.5 Å². The van der Waals surface area contributed by atoms with Crippen molar-refractivity contribution in [3.05, 3.63) is 34.6 Å². The van der Waals surface area contributed by atoms with Gasteiger partial charge in [0.05, 0.1) is 0 Å². The fourth-order valence-corrected chi connectivity index (χ4v) is 1.96. The molecule has 0 heterocycles. The predicted octanol–water partition coefficient (Wildman–Crippen LogP) is 3.98. The maximum atomic E-state index is 13.5. The van der Waals surface area contributed by atoms with Crippen LogP contribution in [0.25, 0.3) is 0 Å². The maximum absolute atomic E-state index is 13.5. The Labute approximate surface area is 106 Å². The molecular formula is C12H16Cl2FN. The van der Waals surface area contributed by atoms with Crippen LogP contribution in [0, 0.1) is 5.82 Å². The summed E-state index contributed by atoms with van der Waals surface area (Å²) in [6.07, 6.45) is 0.837. The van der Waals surface area contributed by atoms with Crippen molar-refractivity contribution in [3.63, 3.8) is 0 Å². The highest BCUT2D eigenvalue weighted by atomic mass is 35.5. The van der Waals surface area contributed by atoms with Crippen molar-refractivity contribution < 1.29 is 4.39 Å². The molecule has 0 aliphatic rings. The summed E-state index contributed by atoms with van der Waals surface area (Å²) in [5.74, 6) is 0.310. The maximum Gasteiger partial charge on any atom is 0.129 e. The second-order valence-corrected chi connectivity index (χ2v) is 5.23. The quantitative estimate of drug-likeness (QED) is 0.793. The normalized spacial score (nSPS) is 11.8. The first-order valence-electron chi connectivity index (χ1n) is 5.19. The Morgan fingerprint density at radius 1 is 1.38 bits per heavy atom. The SMILES string of the molecule is CC(C)(CCCl)NCc1ccc(Cl)cc1F. The third-order valence-corrected chi connectivity index (χ3v) is 2.92. The van der Waals surface area contributed by atoms with E-state index in [1.54, 1.807) is 12.1 Å². The summed E-state index contributed by atoms with van der Waals surface area (Å²) >= 11 is 11.4. The number of halogens is 3. The van der Waals surface area contributed by atoms with Crippen LogP contribution in [0.3, 0.4) is 0 Å². The Kier molecular flexibility index (Phi) is 5.03. The zero-order valence-corrected chi connectivity index (χ0v) is 11.0. The van der Waals surface area contributed by atoms with Crippen molar-refractivity contribution in [1.29, 1.82) is 0 Å². The van der Waals surface area contributed by atoms with Crippen LogP contribution >= 0.6 is 23.2 Å². The minimum atomic E-state index is -0.276. The van der Waals surface area contributed by atoms with Gasteiger partial charge in [-0.25, -0.2) is 4.39 Å². The Morgan fingerprint density at radius 2 is 2.06 bits per heavy atom. The van der Waals surface area contributed by atoms with Crippen molar-refractivity contribution in [1.82, 2.24) is 5.32 Å². The van der Waals surface area contributed by atoms with Crippen LogP contribution in [-0.4, -0.2) is 11.4 Å². The van der Waals surface area contributed by atoms with Crippen LogP contribution in [0.1, 0.15) is 25.8 Å². The van der Waals surface area contributed by atoms with Gasteiger partial charge in [-0.15, -0.1) is 11.6 Å². The molecule has 1 N–H and O–H groups in total. The van der Waals surface area contributed by atoms with Crippen LogP contribution in [0.2, 0.25) is 5.02 Å². The molecule has 0 radical (unpaired) electrons. The lowest BCUT2D eigenvalue weighted by atomic mass is 10.0. The van der Waals surface area contributed by atoms with Gasteiger partial charge < -0.3 is 5.32 Å². The summed E-state index contributed by atoms with van der Waals surface area (Å²) in [5, 5.41) is 3.69. The molecule has 0 amide bonds. The first-order chi connectivity index (χ1) is 7.44. The number of benzene rings is 1. The van der Waals surface area contributed by atoms with Crippen molar-refractivity contribution in [3.8, 4) is 0 Å². The lowest BCUT2D eigenvalue weighted by molar-refractivity contribution is 0.373. The zero-order valence-electron chi connectivity index (χ0n) is 9.49. The standard InChI is InChI=1S/C12H16Cl2FN/c1-12(2,5-6-13)16-8-9-3-4-10(14)7-11(9)15/h3-4,7,16H,5-6,8H2,1-2H3. The lowest BCUT2D eigenvalue weighted by Gasteiger charge is -2.25. The monoisotopic (exact) mass is 263 g/mol. The highest BCUT2D eigenvalue weighted by Gasteiger charge is 2.16. The molecule has 0 atom stereocenters. The van der Waals surface area contributed by atoms with E-state index in [0.29, 0.717) is 23.0 Å². The Morgan fingerprint density at radius 3 is 2.62 bits per heavy atom. The molecule has 0 fully saturated rings. The second-order valence-electron chi connectivity index (χ2n) is 4.41. The molecule has 0 bridgehead atoms. The average molecular weight is 264 g/mol. The predicted molar refractivity (Wildman–Crippen MR) is 67.7 cm³/mol. The van der Waals surface area contributed by atoms with E-state index in [4.69, 9.17) is 23.2 Å². The molecule has 0 unspecified atom stereocenters. The molecule has 4 heteroatoms. The minimum absolute atomic E-state index is 0.0895. The molecule has 1 nitrogen and oxygen atoms in total. The Hall–Kier alpha value is -0.310. The van der Waals surface area contributed by atoms with Crippen LogP contribution in [0.4, 0.5) is 4.39 Å². The fraction of sp³-hybridized carbons (Fsp3) is 0.500. The molecule has 0 aliphatic heterocycles. The minimum Gasteiger partial charge on any atom is -0.308 e. The molecule has 1 aromatic carbocycles. The summed E-state index contributed by atoms with van der Waals surface area (Å²) in [4.78, 5) is 0. The number of hydrogen-bond acceptors (Lipinski definition) is 1. The van der Waals surface area contributed by atoms with Gasteiger partial charge >= 0.3 is 0 Å². The van der Waals surface area contributed by atoms with Crippen LogP contribution in [-0.2, 0) is 6.54 Å². The average Bonchev–Trinajstić information content (AvgIpc) is 2.16. The molecule has 0 saturated heterocycles. The summed E-state index contributed by atoms with van der Waals surface area (Å²) in [6.45, 7) is 4.57. The molecular weight excluding hydrogens is 248 g/mol. The van der Waals surface area contributed by atoms with Crippen molar-refractivity contribution >= 4 is 23.2 Å². The van der Waals surface area contributed by atoms with E-state index < -0.39 is 0 Å². The number of nitrogens with one attached hydrogen (secondary N) is 1. The number of hydrogen-bond donors (Lipinski definition) is 1. The Balaban J connectivity index is 2.61. The molecule has 16 heavy (non-hydrogen) atoms. The van der Waals surface area contributed by atoms with Gasteiger partial charge in [-0.2, -0.15) is 0 Å². The summed E-state index contributed by atoms with van der Waals surface area (Å²) in [7, 11) is 0. The van der Waals surface area contributed by atoms with Crippen molar-refractivity contribution in [2.75, 3.05) is 5.88 Å². The molecule has 0 aromatic heterocycles. The largest absolute Gasteiger partial charge is 0.308 e. The lowest BCUT2D eigenvalue weighted by Crippen LogP contribution is -2.39. The Bertz CT molecular complexity index is 353. The van der Waals surface area contributed by atoms with Gasteiger partial charge in [-0.3, -0.25) is 0 Å². The van der Waals surface area contributed by atoms with E-state index in [1.165, 1.54) is 6.07 Å². The van der Waals surface area contributed by atoms with E-state index in [2.05, 4.69) is 5.32 Å². The number of alkyl halides is 1. The van der Waals surface area contributed by atoms with Crippen molar-refractivity contribution in [2.24, 2.45) is 0 Å². The molecule has 1 rings (SSSR count). The zero-order chi connectivity index (χ0) is 12.2. The van der Waals surface area contributed by atoms with Gasteiger partial charge in [0.2, 0.25) is 0 Å². The number of rotatable bonds is 5. The van der Waals surface area contributed by atoms with Gasteiger partial charge in [-0.05, 0) is 32.4 Å². The fourth-order valence-electron chi connectivity index (χ4n) is 1.32. The summed E-state index contributed by atoms with van der Waals surface area (Å²) in [5.41, 5.74) is 0.528. The third-order valence-electron chi connectivity index (χ3n) is 2.49. The summed E-state index contributed by atoms with van der Waals surface area (Å²) < 4.78 is 13.5. The van der Waals surface area contributed by atoms with E-state index in [9.17, 15) is 4.39 Å². The molecule has 90 valence electrons. The van der Waals surface area contributed by atoms with Gasteiger partial charge in [0.1, 0.15) is 5.82 Å². The first-order valence-corrected chi connectivity index (χ1v) is 6.11. The molecule has 0 spiro atoms. The smallest absolute Gasteiger partial charge is 0.129 e. The van der Waals surface area contributed by atoms with E-state index >= 15 is 0 Å². The highest BCUT2D eigenvalue weighted by Crippen LogP contribution is 2.16. The van der Waals surface area contributed by atoms with Gasteiger partial charge in [0.15, 0.2) is 0 Å². The third kappa shape index (κ3) is 4.28. The van der Waals surface area contributed by atoms with Gasteiger partial charge in [-0.1, -0.05) is 17.7 Å². The van der Waals surface area contributed by atoms with Crippen LogP contribution < -0.4 is 5.32 Å². The topological polar surface area (TPSA) is 12.0 Å². The summed E-state index contributed by atoms with van der Waals surface area (Å²) in [6, 6.07) is 4.71. The van der Waals surface area contributed by atoms with E-state index in [-0.39, 0.29) is 11.4 Å². The van der Waals surface area contributed by atoms with E-state index in [0.717, 1.165) is 6.42 Å². The first kappa shape index (κ1) is 13.8. The van der Waals surface area contributed by atoms with E-state index in [1.807, 2.05) is 13.8 Å². The van der Waals surface area contributed by atoms with Crippen LogP contribution in [0.15, 0.2) is 18.2 Å². The molecule has 1 aromatic rings. The van der Waals surface area contributed by atoms with Gasteiger partial charge in [0.25, 0.3) is 0 Å². The highest BCUT2D eigenvalue weighted by molar-refractivity contribution is 6.30.